The molecule has 1 aromatic carbocycles. The van der Waals surface area contributed by atoms with Crippen molar-refractivity contribution in [2.24, 2.45) is 0 Å². The fraction of sp³-hybridized carbons (Fsp3) is 0.444. The summed E-state index contributed by atoms with van der Waals surface area (Å²) in [6, 6.07) is 8.35. The van der Waals surface area contributed by atoms with Crippen LogP contribution in [0, 0.1) is 0 Å². The molecule has 0 unspecified atom stereocenters. The lowest BCUT2D eigenvalue weighted by atomic mass is 10.0. The molecular formula is C18H22N2O2S2. The number of hydrogen-bond donors (Lipinski definition) is 0. The summed E-state index contributed by atoms with van der Waals surface area (Å²) in [5.41, 5.74) is 2.33. The molecular weight excluding hydrogens is 340 g/mol. The zero-order valence-corrected chi connectivity index (χ0v) is 15.7. The van der Waals surface area contributed by atoms with Gasteiger partial charge in [-0.1, -0.05) is 62.1 Å². The number of carbonyl (C=O) groups is 1. The second kappa shape index (κ2) is 7.78. The van der Waals surface area contributed by atoms with Crippen molar-refractivity contribution < 1.29 is 9.53 Å². The second-order valence-electron chi connectivity index (χ2n) is 6.30. The van der Waals surface area contributed by atoms with Crippen LogP contribution in [-0.4, -0.2) is 53.0 Å². The van der Waals surface area contributed by atoms with Gasteiger partial charge in [0.1, 0.15) is 4.32 Å². The molecule has 24 heavy (non-hydrogen) atoms. The fourth-order valence-electron chi connectivity index (χ4n) is 2.69. The minimum absolute atomic E-state index is 0.00410. The maximum absolute atomic E-state index is 12.7. The van der Waals surface area contributed by atoms with Gasteiger partial charge in [-0.3, -0.25) is 14.6 Å². The van der Waals surface area contributed by atoms with Crippen LogP contribution < -0.4 is 0 Å². The fourth-order valence-corrected chi connectivity index (χ4v) is 3.93. The number of amides is 1. The molecule has 4 nitrogen and oxygen atoms in total. The Balaban J connectivity index is 1.70. The van der Waals surface area contributed by atoms with Crippen molar-refractivity contribution in [2.45, 2.75) is 19.8 Å². The number of benzene rings is 1. The average Bonchev–Trinajstić information content (AvgIpc) is 2.84. The lowest BCUT2D eigenvalue weighted by Crippen LogP contribution is -2.45. The third-order valence-corrected chi connectivity index (χ3v) is 5.60. The standard InChI is InChI=1S/C18H22N2O2S2/c1-13(2)15-5-3-14(4-6-15)11-16-17(21)20(18(23)24-16)12-19-7-9-22-10-8-19/h3-6,11,13H,7-10,12H2,1-2H3/b16-11+. The van der Waals surface area contributed by atoms with Gasteiger partial charge in [0.25, 0.3) is 5.91 Å². The zero-order valence-electron chi connectivity index (χ0n) is 14.0. The van der Waals surface area contributed by atoms with Crippen LogP contribution in [0.25, 0.3) is 6.08 Å². The van der Waals surface area contributed by atoms with Gasteiger partial charge in [-0.25, -0.2) is 0 Å². The Bertz CT molecular complexity index is 649. The first-order chi connectivity index (χ1) is 11.5. The van der Waals surface area contributed by atoms with E-state index in [0.29, 0.717) is 35.0 Å². The molecule has 0 aliphatic carbocycles. The monoisotopic (exact) mass is 362 g/mol. The summed E-state index contributed by atoms with van der Waals surface area (Å²) in [5, 5.41) is 0. The Morgan fingerprint density at radius 2 is 1.92 bits per heavy atom. The Hall–Kier alpha value is -1.21. The molecule has 2 aliphatic rings. The lowest BCUT2D eigenvalue weighted by molar-refractivity contribution is -0.124. The molecule has 3 rings (SSSR count). The molecule has 0 spiro atoms. The molecule has 0 saturated carbocycles. The predicted octanol–water partition coefficient (Wildman–Crippen LogP) is 3.30. The summed E-state index contributed by atoms with van der Waals surface area (Å²) < 4.78 is 5.99. The number of carbonyl (C=O) groups excluding carboxylic acids is 1. The van der Waals surface area contributed by atoms with E-state index in [4.69, 9.17) is 17.0 Å². The van der Waals surface area contributed by atoms with Gasteiger partial charge in [-0.05, 0) is 23.1 Å². The van der Waals surface area contributed by atoms with Crippen LogP contribution in [-0.2, 0) is 9.53 Å². The maximum atomic E-state index is 12.7. The first kappa shape index (κ1) is 17.6. The van der Waals surface area contributed by atoms with Gasteiger partial charge in [0.2, 0.25) is 0 Å². The van der Waals surface area contributed by atoms with Crippen molar-refractivity contribution in [2.75, 3.05) is 33.0 Å². The Kier molecular flexibility index (Phi) is 5.71. The van der Waals surface area contributed by atoms with Gasteiger partial charge >= 0.3 is 0 Å². The van der Waals surface area contributed by atoms with Crippen LogP contribution in [0.3, 0.4) is 0 Å². The molecule has 1 aromatic rings. The molecule has 2 saturated heterocycles. The van der Waals surface area contributed by atoms with Gasteiger partial charge < -0.3 is 4.74 Å². The van der Waals surface area contributed by atoms with Crippen LogP contribution in [0.1, 0.15) is 30.9 Å². The van der Waals surface area contributed by atoms with E-state index in [0.717, 1.165) is 18.7 Å². The van der Waals surface area contributed by atoms with E-state index in [1.807, 2.05) is 6.08 Å². The molecule has 128 valence electrons. The highest BCUT2D eigenvalue weighted by molar-refractivity contribution is 8.26. The van der Waals surface area contributed by atoms with Gasteiger partial charge in [-0.2, -0.15) is 0 Å². The van der Waals surface area contributed by atoms with Gasteiger partial charge in [0.15, 0.2) is 0 Å². The molecule has 6 heteroatoms. The lowest BCUT2D eigenvalue weighted by Gasteiger charge is -2.29. The van der Waals surface area contributed by atoms with Crippen molar-refractivity contribution in [3.8, 4) is 0 Å². The molecule has 0 bridgehead atoms. The van der Waals surface area contributed by atoms with Crippen LogP contribution in [0.15, 0.2) is 29.2 Å². The van der Waals surface area contributed by atoms with Crippen LogP contribution >= 0.6 is 24.0 Å². The Labute approximate surface area is 152 Å². The molecule has 2 heterocycles. The second-order valence-corrected chi connectivity index (χ2v) is 7.98. The van der Waals surface area contributed by atoms with Crippen LogP contribution in [0.2, 0.25) is 0 Å². The maximum Gasteiger partial charge on any atom is 0.267 e. The molecule has 0 aromatic heterocycles. The quantitative estimate of drug-likeness (QED) is 0.606. The summed E-state index contributed by atoms with van der Waals surface area (Å²) in [7, 11) is 0. The molecule has 1 amide bonds. The van der Waals surface area contributed by atoms with Gasteiger partial charge in [-0.15, -0.1) is 0 Å². The zero-order chi connectivity index (χ0) is 17.1. The summed E-state index contributed by atoms with van der Waals surface area (Å²) in [4.78, 5) is 17.3. The summed E-state index contributed by atoms with van der Waals surface area (Å²) >= 11 is 6.79. The van der Waals surface area contributed by atoms with E-state index in [1.165, 1.54) is 17.3 Å². The summed E-state index contributed by atoms with van der Waals surface area (Å²) in [6.07, 6.45) is 1.93. The van der Waals surface area contributed by atoms with Gasteiger partial charge in [0, 0.05) is 13.1 Å². The van der Waals surface area contributed by atoms with E-state index in [-0.39, 0.29) is 5.91 Å². The van der Waals surface area contributed by atoms with Crippen molar-refractivity contribution in [3.63, 3.8) is 0 Å². The topological polar surface area (TPSA) is 32.8 Å². The number of thioether (sulfide) groups is 1. The molecule has 0 atom stereocenters. The van der Waals surface area contributed by atoms with Crippen molar-refractivity contribution in [1.29, 1.82) is 0 Å². The van der Waals surface area contributed by atoms with Crippen molar-refractivity contribution in [1.82, 2.24) is 9.80 Å². The Morgan fingerprint density at radius 1 is 1.25 bits per heavy atom. The number of ether oxygens (including phenoxy) is 1. The largest absolute Gasteiger partial charge is 0.379 e. The predicted molar refractivity (Wildman–Crippen MR) is 103 cm³/mol. The number of hydrogen-bond acceptors (Lipinski definition) is 5. The highest BCUT2D eigenvalue weighted by atomic mass is 32.2. The first-order valence-electron chi connectivity index (χ1n) is 8.20. The van der Waals surface area contributed by atoms with E-state index in [1.54, 1.807) is 4.90 Å². The summed E-state index contributed by atoms with van der Waals surface area (Å²) in [5.74, 6) is 0.509. The molecule has 2 fully saturated rings. The number of rotatable bonds is 4. The molecule has 0 N–H and O–H groups in total. The van der Waals surface area contributed by atoms with E-state index in [2.05, 4.69) is 43.0 Å². The highest BCUT2D eigenvalue weighted by Crippen LogP contribution is 2.32. The number of thiocarbonyl (C=S) groups is 1. The third kappa shape index (κ3) is 4.06. The highest BCUT2D eigenvalue weighted by Gasteiger charge is 2.33. The third-order valence-electron chi connectivity index (χ3n) is 4.22. The van der Waals surface area contributed by atoms with Crippen LogP contribution in [0.4, 0.5) is 0 Å². The minimum atomic E-state index is 0.00410. The first-order valence-corrected chi connectivity index (χ1v) is 9.42. The van der Waals surface area contributed by atoms with E-state index >= 15 is 0 Å². The summed E-state index contributed by atoms with van der Waals surface area (Å²) in [6.45, 7) is 8.01. The van der Waals surface area contributed by atoms with E-state index < -0.39 is 0 Å². The normalized spacial score (nSPS) is 21.3. The number of nitrogens with zero attached hydrogens (tertiary/aromatic N) is 2. The SMILES string of the molecule is CC(C)c1ccc(/C=C2/SC(=S)N(CN3CCOCC3)C2=O)cc1. The average molecular weight is 363 g/mol. The number of morpholine rings is 1. The van der Waals surface area contributed by atoms with Crippen molar-refractivity contribution >= 4 is 40.3 Å². The minimum Gasteiger partial charge on any atom is -0.379 e. The Morgan fingerprint density at radius 3 is 2.54 bits per heavy atom. The van der Waals surface area contributed by atoms with Crippen molar-refractivity contribution in [3.05, 3.63) is 40.3 Å². The molecule has 2 aliphatic heterocycles. The smallest absolute Gasteiger partial charge is 0.267 e. The van der Waals surface area contributed by atoms with E-state index in [9.17, 15) is 4.79 Å². The molecule has 0 radical (unpaired) electrons. The van der Waals surface area contributed by atoms with Gasteiger partial charge in [0.05, 0.1) is 24.8 Å². The van der Waals surface area contributed by atoms with Crippen LogP contribution in [0.5, 0.6) is 0 Å².